The maximum absolute atomic E-state index is 13.6. The number of alkyl carbamates (subject to hydrolysis) is 1. The van der Waals surface area contributed by atoms with Gasteiger partial charge in [0.2, 0.25) is 5.88 Å². The van der Waals surface area contributed by atoms with Crippen molar-refractivity contribution in [3.63, 3.8) is 0 Å². The number of amides is 1. The molecule has 0 spiro atoms. The summed E-state index contributed by atoms with van der Waals surface area (Å²) >= 11 is 6.59. The van der Waals surface area contributed by atoms with E-state index in [1.807, 2.05) is 39.8 Å². The van der Waals surface area contributed by atoms with Crippen LogP contribution in [0.15, 0.2) is 42.6 Å². The van der Waals surface area contributed by atoms with E-state index in [2.05, 4.69) is 10.3 Å². The lowest BCUT2D eigenvalue weighted by molar-refractivity contribution is 0.0470. The van der Waals surface area contributed by atoms with Crippen LogP contribution in [0.2, 0.25) is 5.02 Å². The van der Waals surface area contributed by atoms with Crippen molar-refractivity contribution in [1.82, 2.24) is 10.3 Å². The zero-order valence-electron chi connectivity index (χ0n) is 20.7. The van der Waals surface area contributed by atoms with Gasteiger partial charge in [0.15, 0.2) is 5.78 Å². The molecule has 2 aromatic carbocycles. The molecule has 0 bridgehead atoms. The topological polar surface area (TPSA) is 77.5 Å². The summed E-state index contributed by atoms with van der Waals surface area (Å²) < 4.78 is 11.0. The number of aryl methyl sites for hydroxylation is 1. The van der Waals surface area contributed by atoms with Crippen LogP contribution in [0.25, 0.3) is 10.8 Å². The fraction of sp³-hybridized carbons (Fsp3) is 0.370. The lowest BCUT2D eigenvalue weighted by Crippen LogP contribution is -2.43. The molecule has 1 heterocycles. The van der Waals surface area contributed by atoms with Gasteiger partial charge in [-0.05, 0) is 77.8 Å². The summed E-state index contributed by atoms with van der Waals surface area (Å²) in [6.45, 7) is 13.4. The quantitative estimate of drug-likeness (QED) is 0.401. The van der Waals surface area contributed by atoms with Gasteiger partial charge in [0, 0.05) is 28.1 Å². The molecule has 1 N–H and O–H groups in total. The summed E-state index contributed by atoms with van der Waals surface area (Å²) in [6.07, 6.45) is 1.18. The fourth-order valence-electron chi connectivity index (χ4n) is 3.75. The van der Waals surface area contributed by atoms with Gasteiger partial charge in [-0.3, -0.25) is 4.79 Å². The Balaban J connectivity index is 1.97. The van der Waals surface area contributed by atoms with Gasteiger partial charge >= 0.3 is 6.09 Å². The molecule has 6 nitrogen and oxygen atoms in total. The first-order valence-corrected chi connectivity index (χ1v) is 11.6. The highest BCUT2D eigenvalue weighted by Gasteiger charge is 2.28. The number of rotatable bonds is 6. The molecule has 3 rings (SSSR count). The van der Waals surface area contributed by atoms with E-state index in [0.29, 0.717) is 28.6 Å². The van der Waals surface area contributed by atoms with Gasteiger partial charge in [-0.25, -0.2) is 9.78 Å². The molecule has 0 atom stereocenters. The first-order valence-electron chi connectivity index (χ1n) is 11.2. The second kappa shape index (κ2) is 9.63. The number of hydrogen-bond acceptors (Lipinski definition) is 5. The Labute approximate surface area is 205 Å². The molecule has 34 heavy (non-hydrogen) atoms. The van der Waals surface area contributed by atoms with Crippen LogP contribution in [0.3, 0.4) is 0 Å². The van der Waals surface area contributed by atoms with Gasteiger partial charge in [0.05, 0.1) is 17.2 Å². The van der Waals surface area contributed by atoms with E-state index in [4.69, 9.17) is 21.1 Å². The Kier molecular flexibility index (Phi) is 7.22. The largest absolute Gasteiger partial charge is 0.478 e. The van der Waals surface area contributed by atoms with Gasteiger partial charge in [0.1, 0.15) is 5.60 Å². The number of nitrogens with zero attached hydrogens (tertiary/aromatic N) is 1. The molecular formula is C27H31ClN2O4. The molecule has 0 aliphatic heterocycles. The molecule has 0 aliphatic carbocycles. The van der Waals surface area contributed by atoms with E-state index in [-0.39, 0.29) is 5.78 Å². The van der Waals surface area contributed by atoms with Crippen molar-refractivity contribution in [2.75, 3.05) is 6.61 Å². The number of carbonyl (C=O) groups is 2. The number of benzene rings is 2. The van der Waals surface area contributed by atoms with Crippen molar-refractivity contribution >= 4 is 34.2 Å². The lowest BCUT2D eigenvalue weighted by atomic mass is 9.91. The zero-order valence-corrected chi connectivity index (χ0v) is 21.5. The number of hydrogen-bond donors (Lipinski definition) is 1. The Morgan fingerprint density at radius 1 is 1.06 bits per heavy atom. The maximum Gasteiger partial charge on any atom is 0.408 e. The van der Waals surface area contributed by atoms with Gasteiger partial charge in [0.25, 0.3) is 0 Å². The summed E-state index contributed by atoms with van der Waals surface area (Å²) in [5, 5.41) is 4.73. The number of ketones is 1. The number of ether oxygens (including phenoxy) is 2. The predicted molar refractivity (Wildman–Crippen MR) is 135 cm³/mol. The van der Waals surface area contributed by atoms with E-state index >= 15 is 0 Å². The standard InChI is InChI=1S/C27H31ClN2O4/c1-8-33-24-20-11-9-10-19(22(20)16(2)15-29-24)23(31)18-13-12-17(14-21(18)28)27(6,7)30-25(32)34-26(3,4)5/h9-15H,8H2,1-7H3,(H,30,32). The van der Waals surface area contributed by atoms with Crippen LogP contribution >= 0.6 is 11.6 Å². The minimum Gasteiger partial charge on any atom is -0.478 e. The highest BCUT2D eigenvalue weighted by atomic mass is 35.5. The summed E-state index contributed by atoms with van der Waals surface area (Å²) in [5.74, 6) is 0.297. The van der Waals surface area contributed by atoms with Crippen LogP contribution in [0.4, 0.5) is 4.79 Å². The second-order valence-corrected chi connectivity index (χ2v) is 10.1. The van der Waals surface area contributed by atoms with E-state index in [1.54, 1.807) is 51.2 Å². The van der Waals surface area contributed by atoms with Gasteiger partial charge in [-0.15, -0.1) is 0 Å². The third-order valence-electron chi connectivity index (χ3n) is 5.34. The summed E-state index contributed by atoms with van der Waals surface area (Å²) in [7, 11) is 0. The lowest BCUT2D eigenvalue weighted by Gasteiger charge is -2.29. The van der Waals surface area contributed by atoms with Crippen molar-refractivity contribution in [2.45, 2.75) is 59.6 Å². The summed E-state index contributed by atoms with van der Waals surface area (Å²) in [4.78, 5) is 30.2. The van der Waals surface area contributed by atoms with Gasteiger partial charge in [-0.2, -0.15) is 0 Å². The Morgan fingerprint density at radius 3 is 2.38 bits per heavy atom. The van der Waals surface area contributed by atoms with Crippen molar-refractivity contribution in [3.05, 3.63) is 69.9 Å². The van der Waals surface area contributed by atoms with Crippen LogP contribution in [-0.4, -0.2) is 29.1 Å². The number of pyridine rings is 1. The van der Waals surface area contributed by atoms with Crippen LogP contribution < -0.4 is 10.1 Å². The highest BCUT2D eigenvalue weighted by molar-refractivity contribution is 6.35. The molecule has 0 fully saturated rings. The summed E-state index contributed by atoms with van der Waals surface area (Å²) in [5.41, 5.74) is 1.15. The minimum atomic E-state index is -0.762. The second-order valence-electron chi connectivity index (χ2n) is 9.68. The fourth-order valence-corrected chi connectivity index (χ4v) is 4.02. The Hall–Kier alpha value is -3.12. The average molecular weight is 483 g/mol. The molecule has 0 saturated heterocycles. The van der Waals surface area contributed by atoms with Crippen LogP contribution in [0.1, 0.15) is 68.6 Å². The Bertz CT molecular complexity index is 1250. The van der Waals surface area contributed by atoms with Crippen LogP contribution in [0.5, 0.6) is 5.88 Å². The van der Waals surface area contributed by atoms with E-state index in [0.717, 1.165) is 21.9 Å². The first-order chi connectivity index (χ1) is 15.8. The normalized spacial score (nSPS) is 11.9. The first kappa shape index (κ1) is 25.5. The SMILES string of the molecule is CCOc1ncc(C)c2c(C(=O)c3ccc(C(C)(C)NC(=O)OC(C)(C)C)cc3Cl)cccc12. The van der Waals surface area contributed by atoms with E-state index in [9.17, 15) is 9.59 Å². The van der Waals surface area contributed by atoms with E-state index in [1.165, 1.54) is 0 Å². The number of nitrogens with one attached hydrogen (secondary N) is 1. The smallest absolute Gasteiger partial charge is 0.408 e. The highest BCUT2D eigenvalue weighted by Crippen LogP contribution is 2.33. The molecule has 0 saturated carbocycles. The van der Waals surface area contributed by atoms with Crippen molar-refractivity contribution in [1.29, 1.82) is 0 Å². The van der Waals surface area contributed by atoms with Crippen LogP contribution in [-0.2, 0) is 10.3 Å². The monoisotopic (exact) mass is 482 g/mol. The average Bonchev–Trinajstić information content (AvgIpc) is 2.73. The third-order valence-corrected chi connectivity index (χ3v) is 5.65. The molecule has 3 aromatic rings. The molecule has 0 radical (unpaired) electrons. The molecule has 180 valence electrons. The molecule has 1 amide bonds. The Morgan fingerprint density at radius 2 is 1.76 bits per heavy atom. The van der Waals surface area contributed by atoms with Gasteiger partial charge in [-0.1, -0.05) is 29.8 Å². The molecular weight excluding hydrogens is 452 g/mol. The number of carbonyl (C=O) groups excluding carboxylic acids is 2. The van der Waals surface area contributed by atoms with Crippen LogP contribution in [0, 0.1) is 6.92 Å². The minimum absolute atomic E-state index is 0.197. The predicted octanol–water partition coefficient (Wildman–Crippen LogP) is 6.59. The summed E-state index contributed by atoms with van der Waals surface area (Å²) in [6, 6.07) is 10.7. The van der Waals surface area contributed by atoms with Crippen molar-refractivity contribution < 1.29 is 19.1 Å². The van der Waals surface area contributed by atoms with Gasteiger partial charge < -0.3 is 14.8 Å². The van der Waals surface area contributed by atoms with Crippen molar-refractivity contribution in [2.24, 2.45) is 0 Å². The molecule has 0 unspecified atom stereocenters. The zero-order chi connectivity index (χ0) is 25.3. The number of halogens is 1. The third kappa shape index (κ3) is 5.50. The number of aromatic nitrogens is 1. The molecule has 7 heteroatoms. The molecule has 0 aliphatic rings. The maximum atomic E-state index is 13.6. The molecule has 1 aromatic heterocycles. The van der Waals surface area contributed by atoms with Crippen molar-refractivity contribution in [3.8, 4) is 5.88 Å². The van der Waals surface area contributed by atoms with E-state index < -0.39 is 17.2 Å². The number of fused-ring (bicyclic) bond motifs is 1.